The molecule has 1 aliphatic heterocycles. The van der Waals surface area contributed by atoms with Crippen molar-refractivity contribution in [3.63, 3.8) is 0 Å². The zero-order chi connectivity index (χ0) is 15.3. The molecule has 1 aliphatic carbocycles. The third kappa shape index (κ3) is 2.57. The van der Waals surface area contributed by atoms with Crippen molar-refractivity contribution in [3.05, 3.63) is 23.3 Å². The van der Waals surface area contributed by atoms with Gasteiger partial charge in [-0.2, -0.15) is 0 Å². The van der Waals surface area contributed by atoms with Gasteiger partial charge in [-0.05, 0) is 32.8 Å². The van der Waals surface area contributed by atoms with Gasteiger partial charge in [-0.1, -0.05) is 0 Å². The molecule has 0 unspecified atom stereocenters. The van der Waals surface area contributed by atoms with Crippen molar-refractivity contribution in [3.8, 4) is 0 Å². The minimum atomic E-state index is 0.211. The maximum atomic E-state index is 12.7. The summed E-state index contributed by atoms with van der Waals surface area (Å²) in [5.74, 6) is 0.211. The number of carbonyl (C=O) groups excluding carboxylic acids is 1. The van der Waals surface area contributed by atoms with Crippen LogP contribution in [0.2, 0.25) is 0 Å². The number of fused-ring (bicyclic) bond motifs is 1. The predicted octanol–water partition coefficient (Wildman–Crippen LogP) is 3.20. The SMILES string of the molecule is CC(C)N1CCN(C(=O)c2cc3cn(C4CC4)cc3s2)CC1. The maximum Gasteiger partial charge on any atom is 0.264 e. The van der Waals surface area contributed by atoms with Crippen LogP contribution in [0.15, 0.2) is 18.5 Å². The summed E-state index contributed by atoms with van der Waals surface area (Å²) in [7, 11) is 0. The lowest BCUT2D eigenvalue weighted by Gasteiger charge is -2.36. The molecule has 0 N–H and O–H groups in total. The van der Waals surface area contributed by atoms with E-state index in [1.54, 1.807) is 11.3 Å². The molecule has 0 spiro atoms. The molecule has 2 aromatic rings. The number of amides is 1. The molecule has 0 atom stereocenters. The first-order chi connectivity index (χ1) is 10.6. The fourth-order valence-corrected chi connectivity index (χ4v) is 4.28. The minimum Gasteiger partial charge on any atom is -0.349 e. The smallest absolute Gasteiger partial charge is 0.264 e. The summed E-state index contributed by atoms with van der Waals surface area (Å²) in [5, 5.41) is 1.22. The highest BCUT2D eigenvalue weighted by molar-refractivity contribution is 7.20. The molecule has 1 amide bonds. The molecule has 2 aromatic heterocycles. The molecule has 2 aliphatic rings. The van der Waals surface area contributed by atoms with Crippen molar-refractivity contribution in [1.29, 1.82) is 0 Å². The van der Waals surface area contributed by atoms with E-state index in [0.29, 0.717) is 12.1 Å². The topological polar surface area (TPSA) is 28.5 Å². The third-order valence-electron chi connectivity index (χ3n) is 4.86. The molecule has 5 heteroatoms. The van der Waals surface area contributed by atoms with Crippen molar-refractivity contribution < 1.29 is 4.79 Å². The first kappa shape index (κ1) is 14.3. The van der Waals surface area contributed by atoms with E-state index >= 15 is 0 Å². The van der Waals surface area contributed by atoms with E-state index in [4.69, 9.17) is 0 Å². The molecule has 1 saturated carbocycles. The second kappa shape index (κ2) is 5.39. The van der Waals surface area contributed by atoms with Gasteiger partial charge in [-0.3, -0.25) is 9.69 Å². The highest BCUT2D eigenvalue weighted by Gasteiger charge is 2.26. The van der Waals surface area contributed by atoms with Gasteiger partial charge in [0.1, 0.15) is 0 Å². The molecule has 3 heterocycles. The lowest BCUT2D eigenvalue weighted by molar-refractivity contribution is 0.0600. The van der Waals surface area contributed by atoms with E-state index in [2.05, 4.69) is 41.8 Å². The number of thiophene rings is 1. The molecule has 118 valence electrons. The lowest BCUT2D eigenvalue weighted by atomic mass is 10.2. The van der Waals surface area contributed by atoms with Crippen LogP contribution in [0, 0.1) is 0 Å². The largest absolute Gasteiger partial charge is 0.349 e. The predicted molar refractivity (Wildman–Crippen MR) is 90.7 cm³/mol. The first-order valence-electron chi connectivity index (χ1n) is 8.26. The molecule has 4 rings (SSSR count). The van der Waals surface area contributed by atoms with Crippen LogP contribution < -0.4 is 0 Å². The quantitative estimate of drug-likeness (QED) is 0.870. The summed E-state index contributed by atoms with van der Waals surface area (Å²) in [5.41, 5.74) is 0. The highest BCUT2D eigenvalue weighted by Crippen LogP contribution is 2.38. The van der Waals surface area contributed by atoms with Gasteiger partial charge in [0.25, 0.3) is 5.91 Å². The molecule has 0 aromatic carbocycles. The van der Waals surface area contributed by atoms with Crippen molar-refractivity contribution in [2.75, 3.05) is 26.2 Å². The third-order valence-corrected chi connectivity index (χ3v) is 5.93. The Bertz CT molecular complexity index is 658. The number of aromatic nitrogens is 1. The second-order valence-corrected chi connectivity index (χ2v) is 7.87. The summed E-state index contributed by atoms with van der Waals surface area (Å²) < 4.78 is 3.56. The Labute approximate surface area is 135 Å². The van der Waals surface area contributed by atoms with Crippen LogP contribution in [0.25, 0.3) is 10.1 Å². The number of nitrogens with zero attached hydrogens (tertiary/aromatic N) is 3. The van der Waals surface area contributed by atoms with E-state index in [0.717, 1.165) is 31.1 Å². The van der Waals surface area contributed by atoms with Gasteiger partial charge in [-0.25, -0.2) is 0 Å². The Morgan fingerprint density at radius 1 is 1.18 bits per heavy atom. The summed E-state index contributed by atoms with van der Waals surface area (Å²) in [6.07, 6.45) is 7.02. The van der Waals surface area contributed by atoms with Gasteiger partial charge in [0.2, 0.25) is 0 Å². The van der Waals surface area contributed by atoms with Crippen LogP contribution in [-0.4, -0.2) is 52.5 Å². The summed E-state index contributed by atoms with van der Waals surface area (Å²) in [4.78, 5) is 18.0. The normalized spacial score (nSPS) is 20.2. The van der Waals surface area contributed by atoms with Crippen LogP contribution in [0.5, 0.6) is 0 Å². The van der Waals surface area contributed by atoms with Crippen LogP contribution in [0.1, 0.15) is 42.4 Å². The Hall–Kier alpha value is -1.33. The van der Waals surface area contributed by atoms with Crippen molar-refractivity contribution >= 4 is 27.3 Å². The van der Waals surface area contributed by atoms with Gasteiger partial charge in [0.15, 0.2) is 0 Å². The fraction of sp³-hybridized carbons (Fsp3) is 0.588. The Morgan fingerprint density at radius 2 is 1.91 bits per heavy atom. The second-order valence-electron chi connectivity index (χ2n) is 6.79. The molecule has 1 saturated heterocycles. The van der Waals surface area contributed by atoms with Crippen LogP contribution in [0.4, 0.5) is 0 Å². The number of piperazine rings is 1. The summed E-state index contributed by atoms with van der Waals surface area (Å²) in [6, 6.07) is 3.36. The van der Waals surface area contributed by atoms with Crippen LogP contribution in [-0.2, 0) is 0 Å². The number of hydrogen-bond acceptors (Lipinski definition) is 3. The van der Waals surface area contributed by atoms with E-state index < -0.39 is 0 Å². The van der Waals surface area contributed by atoms with Gasteiger partial charge in [0, 0.05) is 56.0 Å². The molecule has 0 radical (unpaired) electrons. The fourth-order valence-electron chi connectivity index (χ4n) is 3.24. The minimum absolute atomic E-state index is 0.211. The van der Waals surface area contributed by atoms with Crippen molar-refractivity contribution in [1.82, 2.24) is 14.4 Å². The van der Waals surface area contributed by atoms with Gasteiger partial charge in [0.05, 0.1) is 9.58 Å². The molecule has 2 fully saturated rings. The molecule has 0 bridgehead atoms. The van der Waals surface area contributed by atoms with Crippen LogP contribution in [0.3, 0.4) is 0 Å². The van der Waals surface area contributed by atoms with Crippen molar-refractivity contribution in [2.45, 2.75) is 38.8 Å². The van der Waals surface area contributed by atoms with Crippen LogP contribution >= 0.6 is 11.3 Å². The monoisotopic (exact) mass is 317 g/mol. The number of rotatable bonds is 3. The number of carbonyl (C=O) groups is 1. The van der Waals surface area contributed by atoms with Crippen molar-refractivity contribution in [2.24, 2.45) is 0 Å². The van der Waals surface area contributed by atoms with E-state index in [-0.39, 0.29) is 5.91 Å². The first-order valence-corrected chi connectivity index (χ1v) is 9.08. The number of hydrogen-bond donors (Lipinski definition) is 0. The highest BCUT2D eigenvalue weighted by atomic mass is 32.1. The standard InChI is InChI=1S/C17H23N3OS/c1-12(2)18-5-7-19(8-6-18)17(21)15-9-13-10-20(14-3-4-14)11-16(13)22-15/h9-12,14H,3-8H2,1-2H3. The molecule has 22 heavy (non-hydrogen) atoms. The molecule has 4 nitrogen and oxygen atoms in total. The Kier molecular flexibility index (Phi) is 3.50. The van der Waals surface area contributed by atoms with Gasteiger partial charge >= 0.3 is 0 Å². The summed E-state index contributed by atoms with van der Waals surface area (Å²) >= 11 is 1.65. The maximum absolute atomic E-state index is 12.7. The van der Waals surface area contributed by atoms with Gasteiger partial charge < -0.3 is 9.47 Å². The van der Waals surface area contributed by atoms with Gasteiger partial charge in [-0.15, -0.1) is 11.3 Å². The average molecular weight is 317 g/mol. The molecular weight excluding hydrogens is 294 g/mol. The van der Waals surface area contributed by atoms with E-state index in [1.165, 1.54) is 22.9 Å². The average Bonchev–Trinajstić information content (AvgIpc) is 3.17. The van der Waals surface area contributed by atoms with E-state index in [1.807, 2.05) is 4.90 Å². The van der Waals surface area contributed by atoms with E-state index in [9.17, 15) is 4.79 Å². The Balaban J connectivity index is 1.47. The summed E-state index contributed by atoms with van der Waals surface area (Å²) in [6.45, 7) is 8.12. The zero-order valence-electron chi connectivity index (χ0n) is 13.3. The Morgan fingerprint density at radius 3 is 2.50 bits per heavy atom. The molecular formula is C17H23N3OS. The zero-order valence-corrected chi connectivity index (χ0v) is 14.1. The lowest BCUT2D eigenvalue weighted by Crippen LogP contribution is -2.50.